The number of rotatable bonds is 6. The first kappa shape index (κ1) is 20.2. The molecule has 1 amide bonds. The zero-order valence-corrected chi connectivity index (χ0v) is 17.4. The number of ether oxygens (including phenoxy) is 2. The molecule has 0 saturated carbocycles. The monoisotopic (exact) mass is 424 g/mol. The number of carbonyl (C=O) groups excluding carboxylic acids is 2. The molecule has 1 aromatic heterocycles. The highest BCUT2D eigenvalue weighted by Crippen LogP contribution is 2.43. The van der Waals surface area contributed by atoms with E-state index in [9.17, 15) is 9.59 Å². The first-order valence-corrected chi connectivity index (χ1v) is 9.93. The third kappa shape index (κ3) is 3.60. The zero-order valence-electron chi connectivity index (χ0n) is 16.6. The molecule has 2 heterocycles. The van der Waals surface area contributed by atoms with Gasteiger partial charge in [0.2, 0.25) is 5.91 Å². The standard InChI is InChI=1S/C23H21ClN2O4/c1-13-18(23(28)30-12-11-29-2)20(21(25-13)14-7-9-15(24)10-8-14)19-16-5-3-4-6-17(16)26-22(19)27/h3-10,19,25H,11-12H2,1-2H3,(H,26,27). The first-order valence-electron chi connectivity index (χ1n) is 9.55. The van der Waals surface area contributed by atoms with Crippen molar-refractivity contribution in [2.75, 3.05) is 25.6 Å². The second-order valence-electron chi connectivity index (χ2n) is 7.06. The molecule has 3 aromatic rings. The van der Waals surface area contributed by atoms with Crippen LogP contribution in [0.1, 0.15) is 33.1 Å². The maximum Gasteiger partial charge on any atom is 0.340 e. The number of esters is 1. The molecule has 154 valence electrons. The van der Waals surface area contributed by atoms with Crippen molar-refractivity contribution in [2.24, 2.45) is 0 Å². The Morgan fingerprint density at radius 2 is 1.83 bits per heavy atom. The third-order valence-electron chi connectivity index (χ3n) is 5.16. The van der Waals surface area contributed by atoms with Crippen molar-refractivity contribution in [1.82, 2.24) is 4.98 Å². The van der Waals surface area contributed by atoms with Gasteiger partial charge in [-0.25, -0.2) is 4.79 Å². The van der Waals surface area contributed by atoms with Gasteiger partial charge in [-0.1, -0.05) is 41.9 Å². The van der Waals surface area contributed by atoms with Crippen molar-refractivity contribution >= 4 is 29.2 Å². The summed E-state index contributed by atoms with van der Waals surface area (Å²) < 4.78 is 10.4. The van der Waals surface area contributed by atoms with Gasteiger partial charge in [0.25, 0.3) is 0 Å². The van der Waals surface area contributed by atoms with Crippen LogP contribution >= 0.6 is 11.6 Å². The molecular weight excluding hydrogens is 404 g/mol. The SMILES string of the molecule is COCCOC(=O)c1c(C)[nH]c(-c2ccc(Cl)cc2)c1C1C(=O)Nc2ccccc21. The number of carbonyl (C=O) groups is 2. The fourth-order valence-corrected chi connectivity index (χ4v) is 3.95. The molecule has 1 aliphatic heterocycles. The largest absolute Gasteiger partial charge is 0.460 e. The number of aromatic amines is 1. The Kier molecular flexibility index (Phi) is 5.61. The Balaban J connectivity index is 1.89. The Bertz CT molecular complexity index is 1100. The Morgan fingerprint density at radius 3 is 2.57 bits per heavy atom. The van der Waals surface area contributed by atoms with Crippen molar-refractivity contribution in [3.8, 4) is 11.3 Å². The van der Waals surface area contributed by atoms with E-state index in [2.05, 4.69) is 10.3 Å². The summed E-state index contributed by atoms with van der Waals surface area (Å²) in [4.78, 5) is 29.3. The summed E-state index contributed by atoms with van der Waals surface area (Å²) in [6, 6.07) is 14.8. The summed E-state index contributed by atoms with van der Waals surface area (Å²) in [5, 5.41) is 3.52. The molecule has 1 unspecified atom stereocenters. The molecule has 0 bridgehead atoms. The van der Waals surface area contributed by atoms with Gasteiger partial charge in [-0.3, -0.25) is 4.79 Å². The topological polar surface area (TPSA) is 80.4 Å². The summed E-state index contributed by atoms with van der Waals surface area (Å²) in [5.74, 6) is -1.31. The van der Waals surface area contributed by atoms with Crippen LogP contribution in [0, 0.1) is 6.92 Å². The number of hydrogen-bond acceptors (Lipinski definition) is 4. The highest BCUT2D eigenvalue weighted by molar-refractivity contribution is 6.30. The first-order chi connectivity index (χ1) is 14.5. The third-order valence-corrected chi connectivity index (χ3v) is 5.42. The van der Waals surface area contributed by atoms with E-state index in [1.165, 1.54) is 0 Å². The van der Waals surface area contributed by atoms with Crippen LogP contribution in [0.2, 0.25) is 5.02 Å². The normalized spacial score (nSPS) is 15.0. The number of aryl methyl sites for hydroxylation is 1. The molecule has 0 fully saturated rings. The van der Waals surface area contributed by atoms with Crippen molar-refractivity contribution in [2.45, 2.75) is 12.8 Å². The van der Waals surface area contributed by atoms with E-state index in [4.69, 9.17) is 21.1 Å². The summed E-state index contributed by atoms with van der Waals surface area (Å²) in [5.41, 5.74) is 4.68. The molecule has 0 radical (unpaired) electrons. The average Bonchev–Trinajstić information content (AvgIpc) is 3.24. The predicted molar refractivity (Wildman–Crippen MR) is 115 cm³/mol. The van der Waals surface area contributed by atoms with Crippen LogP contribution < -0.4 is 5.32 Å². The molecule has 0 saturated heterocycles. The minimum Gasteiger partial charge on any atom is -0.460 e. The number of methoxy groups -OCH3 is 1. The molecule has 4 rings (SSSR count). The molecule has 1 aliphatic rings. The number of fused-ring (bicyclic) bond motifs is 1. The number of benzene rings is 2. The van der Waals surface area contributed by atoms with E-state index in [0.29, 0.717) is 34.1 Å². The average molecular weight is 425 g/mol. The lowest BCUT2D eigenvalue weighted by molar-refractivity contribution is -0.116. The van der Waals surface area contributed by atoms with E-state index < -0.39 is 11.9 Å². The van der Waals surface area contributed by atoms with Gasteiger partial charge in [-0.05, 0) is 36.2 Å². The number of H-pyrrole nitrogens is 1. The lowest BCUT2D eigenvalue weighted by Gasteiger charge is -2.14. The highest BCUT2D eigenvalue weighted by Gasteiger charge is 2.38. The lowest BCUT2D eigenvalue weighted by atomic mass is 9.87. The number of anilines is 1. The number of aromatic nitrogens is 1. The van der Waals surface area contributed by atoms with Crippen molar-refractivity contribution in [1.29, 1.82) is 0 Å². The van der Waals surface area contributed by atoms with Crippen LogP contribution in [0.3, 0.4) is 0 Å². The van der Waals surface area contributed by atoms with E-state index in [1.807, 2.05) is 36.4 Å². The second kappa shape index (κ2) is 8.34. The van der Waals surface area contributed by atoms with E-state index >= 15 is 0 Å². The van der Waals surface area contributed by atoms with Gasteiger partial charge in [0, 0.05) is 29.1 Å². The number of amides is 1. The van der Waals surface area contributed by atoms with Crippen LogP contribution in [0.4, 0.5) is 5.69 Å². The molecule has 0 spiro atoms. The number of para-hydroxylation sites is 1. The molecule has 1 atom stereocenters. The van der Waals surface area contributed by atoms with Gasteiger partial charge in [-0.15, -0.1) is 0 Å². The maximum absolute atomic E-state index is 13.0. The summed E-state index contributed by atoms with van der Waals surface area (Å²) in [6.45, 7) is 2.22. The quantitative estimate of drug-likeness (QED) is 0.450. The number of hydrogen-bond donors (Lipinski definition) is 2. The minimum absolute atomic E-state index is 0.128. The van der Waals surface area contributed by atoms with Crippen molar-refractivity contribution in [3.05, 3.63) is 75.9 Å². The van der Waals surface area contributed by atoms with E-state index in [-0.39, 0.29) is 12.5 Å². The van der Waals surface area contributed by atoms with Crippen LogP contribution in [0.5, 0.6) is 0 Å². The van der Waals surface area contributed by atoms with Crippen molar-refractivity contribution < 1.29 is 19.1 Å². The molecular formula is C23H21ClN2O4. The Morgan fingerprint density at radius 1 is 1.10 bits per heavy atom. The molecule has 7 heteroatoms. The van der Waals surface area contributed by atoms with Crippen LogP contribution in [0.25, 0.3) is 11.3 Å². The summed E-state index contributed by atoms with van der Waals surface area (Å²) >= 11 is 6.05. The zero-order chi connectivity index (χ0) is 21.3. The fraction of sp³-hybridized carbons (Fsp3) is 0.217. The number of nitrogens with one attached hydrogen (secondary N) is 2. The van der Waals surface area contributed by atoms with E-state index in [0.717, 1.165) is 16.8 Å². The molecule has 30 heavy (non-hydrogen) atoms. The van der Waals surface area contributed by atoms with Gasteiger partial charge in [-0.2, -0.15) is 0 Å². The summed E-state index contributed by atoms with van der Waals surface area (Å²) in [7, 11) is 1.54. The lowest BCUT2D eigenvalue weighted by Crippen LogP contribution is -2.18. The molecule has 0 aliphatic carbocycles. The van der Waals surface area contributed by atoms with Crippen LogP contribution in [0.15, 0.2) is 48.5 Å². The van der Waals surface area contributed by atoms with Crippen LogP contribution in [-0.4, -0.2) is 37.2 Å². The Labute approximate surface area is 179 Å². The predicted octanol–water partition coefficient (Wildman–Crippen LogP) is 4.53. The fourth-order valence-electron chi connectivity index (χ4n) is 3.83. The number of halogens is 1. The van der Waals surface area contributed by atoms with Crippen molar-refractivity contribution in [3.63, 3.8) is 0 Å². The van der Waals surface area contributed by atoms with Gasteiger partial charge >= 0.3 is 5.97 Å². The van der Waals surface area contributed by atoms with E-state index in [1.54, 1.807) is 26.2 Å². The van der Waals surface area contributed by atoms with Gasteiger partial charge in [0.05, 0.1) is 23.8 Å². The minimum atomic E-state index is -0.637. The van der Waals surface area contributed by atoms with Gasteiger partial charge in [0.1, 0.15) is 6.61 Å². The molecule has 2 N–H and O–H groups in total. The van der Waals surface area contributed by atoms with Gasteiger partial charge < -0.3 is 19.8 Å². The molecule has 6 nitrogen and oxygen atoms in total. The second-order valence-corrected chi connectivity index (χ2v) is 7.50. The maximum atomic E-state index is 13.0. The highest BCUT2D eigenvalue weighted by atomic mass is 35.5. The molecule has 2 aromatic carbocycles. The van der Waals surface area contributed by atoms with Crippen LogP contribution in [-0.2, 0) is 14.3 Å². The van der Waals surface area contributed by atoms with Gasteiger partial charge in [0.15, 0.2) is 0 Å². The Hall–Kier alpha value is -3.09. The smallest absolute Gasteiger partial charge is 0.340 e. The summed E-state index contributed by atoms with van der Waals surface area (Å²) in [6.07, 6.45) is 0.